The Hall–Kier alpha value is -3.72. The van der Waals surface area contributed by atoms with Gasteiger partial charge in [0.1, 0.15) is 10.8 Å². The number of pyridine rings is 1. The van der Waals surface area contributed by atoms with E-state index in [1.54, 1.807) is 24.5 Å². The molecule has 7 nitrogen and oxygen atoms in total. The van der Waals surface area contributed by atoms with Crippen LogP contribution in [0.15, 0.2) is 42.7 Å². The van der Waals surface area contributed by atoms with Crippen molar-refractivity contribution < 1.29 is 18.7 Å². The molecule has 0 radical (unpaired) electrons. The fourth-order valence-electron chi connectivity index (χ4n) is 4.24. The van der Waals surface area contributed by atoms with Gasteiger partial charge in [0.2, 0.25) is 0 Å². The number of esters is 1. The lowest BCUT2D eigenvalue weighted by atomic mass is 9.95. The smallest absolute Gasteiger partial charge is 0.341 e. The number of hydrogen-bond acceptors (Lipinski definition) is 5. The summed E-state index contributed by atoms with van der Waals surface area (Å²) in [7, 11) is 1.33. The Morgan fingerprint density at radius 1 is 1.18 bits per heavy atom. The van der Waals surface area contributed by atoms with Crippen LogP contribution < -0.4 is 10.6 Å². The summed E-state index contributed by atoms with van der Waals surface area (Å²) in [6.07, 6.45) is 7.02. The van der Waals surface area contributed by atoms with Gasteiger partial charge in [-0.2, -0.15) is 0 Å². The Morgan fingerprint density at radius 3 is 2.82 bits per heavy atom. The van der Waals surface area contributed by atoms with Crippen molar-refractivity contribution in [1.82, 2.24) is 9.97 Å². The van der Waals surface area contributed by atoms with Gasteiger partial charge in [0.15, 0.2) is 0 Å². The monoisotopic (exact) mass is 464 g/mol. The molecule has 0 unspecified atom stereocenters. The lowest BCUT2D eigenvalue weighted by Gasteiger charge is -2.12. The molecule has 0 bridgehead atoms. The van der Waals surface area contributed by atoms with Gasteiger partial charge in [-0.15, -0.1) is 11.3 Å². The minimum atomic E-state index is -0.533. The van der Waals surface area contributed by atoms with Crippen LogP contribution in [0, 0.1) is 5.82 Å². The van der Waals surface area contributed by atoms with Crippen LogP contribution in [-0.2, 0) is 17.6 Å². The molecule has 5 rings (SSSR count). The summed E-state index contributed by atoms with van der Waals surface area (Å²) >= 11 is 1.40. The highest BCUT2D eigenvalue weighted by molar-refractivity contribution is 7.17. The molecule has 33 heavy (non-hydrogen) atoms. The molecule has 4 aromatic rings. The fraction of sp³-hybridized carbons (Fsp3) is 0.208. The van der Waals surface area contributed by atoms with E-state index in [9.17, 15) is 14.0 Å². The van der Waals surface area contributed by atoms with Crippen LogP contribution in [0.25, 0.3) is 22.2 Å². The number of nitrogens with one attached hydrogen (secondary N) is 3. The van der Waals surface area contributed by atoms with E-state index in [0.717, 1.165) is 41.7 Å². The number of ether oxygens (including phenoxy) is 1. The van der Waals surface area contributed by atoms with E-state index in [0.29, 0.717) is 32.8 Å². The molecule has 2 amide bonds. The standard InChI is InChI=1S/C24H21FN4O3S/c1-32-23(30)19-15-6-2-3-7-18(15)33-22(19)29-24(31)28-21-16-11-14(25)8-9-17(16)27-20(21)13-5-4-10-26-12-13/h4-5,8-12,27H,2-3,6-7H2,1H3,(H2,28,29,31). The second-order valence-corrected chi connectivity index (χ2v) is 8.90. The van der Waals surface area contributed by atoms with E-state index in [-0.39, 0.29) is 0 Å². The first-order chi connectivity index (χ1) is 16.0. The lowest BCUT2D eigenvalue weighted by molar-refractivity contribution is 0.0601. The number of methoxy groups -OCH3 is 1. The van der Waals surface area contributed by atoms with E-state index in [1.807, 2.05) is 6.07 Å². The maximum absolute atomic E-state index is 14.0. The van der Waals surface area contributed by atoms with Gasteiger partial charge in [0, 0.05) is 33.7 Å². The maximum Gasteiger partial charge on any atom is 0.341 e. The fourth-order valence-corrected chi connectivity index (χ4v) is 5.51. The predicted octanol–water partition coefficient (Wildman–Crippen LogP) is 5.74. The van der Waals surface area contributed by atoms with Gasteiger partial charge in [0.05, 0.1) is 24.1 Å². The third-order valence-corrected chi connectivity index (χ3v) is 6.94. The minimum absolute atomic E-state index is 0.415. The van der Waals surface area contributed by atoms with Crippen molar-refractivity contribution in [3.05, 3.63) is 64.5 Å². The minimum Gasteiger partial charge on any atom is -0.465 e. The van der Waals surface area contributed by atoms with Crippen LogP contribution in [0.5, 0.6) is 0 Å². The summed E-state index contributed by atoms with van der Waals surface area (Å²) < 4.78 is 19.0. The number of halogens is 1. The summed E-state index contributed by atoms with van der Waals surface area (Å²) in [5.41, 5.74) is 3.83. The van der Waals surface area contributed by atoms with Crippen molar-refractivity contribution >= 4 is 44.9 Å². The van der Waals surface area contributed by atoms with Gasteiger partial charge >= 0.3 is 12.0 Å². The predicted molar refractivity (Wildman–Crippen MR) is 126 cm³/mol. The topological polar surface area (TPSA) is 96.1 Å². The second-order valence-electron chi connectivity index (χ2n) is 7.79. The van der Waals surface area contributed by atoms with Crippen LogP contribution in [0.4, 0.5) is 19.9 Å². The highest BCUT2D eigenvalue weighted by Gasteiger charge is 2.27. The van der Waals surface area contributed by atoms with Crippen molar-refractivity contribution in [3.63, 3.8) is 0 Å². The molecule has 0 fully saturated rings. The number of fused-ring (bicyclic) bond motifs is 2. The zero-order valence-electron chi connectivity index (χ0n) is 17.8. The Balaban J connectivity index is 1.51. The van der Waals surface area contributed by atoms with E-state index in [2.05, 4.69) is 20.6 Å². The van der Waals surface area contributed by atoms with Crippen LogP contribution in [-0.4, -0.2) is 29.1 Å². The van der Waals surface area contributed by atoms with Gasteiger partial charge in [-0.05, 0) is 61.6 Å². The summed E-state index contributed by atoms with van der Waals surface area (Å²) in [5.74, 6) is -0.878. The molecule has 1 aliphatic rings. The number of rotatable bonds is 4. The first-order valence-corrected chi connectivity index (χ1v) is 11.4. The molecular formula is C24H21FN4O3S. The molecule has 3 aromatic heterocycles. The second kappa shape index (κ2) is 8.67. The van der Waals surface area contributed by atoms with E-state index in [4.69, 9.17) is 4.74 Å². The number of thiophene rings is 1. The number of anilines is 2. The molecule has 3 N–H and O–H groups in total. The molecule has 0 atom stereocenters. The Bertz CT molecular complexity index is 1360. The number of amides is 2. The van der Waals surface area contributed by atoms with Crippen LogP contribution >= 0.6 is 11.3 Å². The number of carbonyl (C=O) groups excluding carboxylic acids is 2. The molecule has 0 aliphatic heterocycles. The normalized spacial score (nSPS) is 12.9. The number of aromatic amines is 1. The van der Waals surface area contributed by atoms with Crippen molar-refractivity contribution in [3.8, 4) is 11.3 Å². The van der Waals surface area contributed by atoms with Crippen LogP contribution in [0.2, 0.25) is 0 Å². The number of carbonyl (C=O) groups is 2. The summed E-state index contributed by atoms with van der Waals surface area (Å²) in [4.78, 5) is 34.0. The molecule has 1 aliphatic carbocycles. The van der Waals surface area contributed by atoms with Gasteiger partial charge in [-0.3, -0.25) is 10.3 Å². The quantitative estimate of drug-likeness (QED) is 0.336. The first kappa shape index (κ1) is 21.1. The first-order valence-electron chi connectivity index (χ1n) is 10.6. The van der Waals surface area contributed by atoms with Crippen molar-refractivity contribution in [2.75, 3.05) is 17.7 Å². The zero-order chi connectivity index (χ0) is 22.9. The molecule has 3 heterocycles. The third-order valence-electron chi connectivity index (χ3n) is 5.74. The Morgan fingerprint density at radius 2 is 2.03 bits per heavy atom. The van der Waals surface area contributed by atoms with Crippen molar-refractivity contribution in [2.45, 2.75) is 25.7 Å². The number of nitrogens with zero attached hydrogens (tertiary/aromatic N) is 1. The Labute approximate surface area is 193 Å². The van der Waals surface area contributed by atoms with Gasteiger partial charge in [0.25, 0.3) is 0 Å². The van der Waals surface area contributed by atoms with E-state index < -0.39 is 17.8 Å². The number of aryl methyl sites for hydroxylation is 1. The molecule has 9 heteroatoms. The van der Waals surface area contributed by atoms with E-state index in [1.165, 1.54) is 30.6 Å². The highest BCUT2D eigenvalue weighted by Crippen LogP contribution is 2.39. The molecule has 0 saturated carbocycles. The summed E-state index contributed by atoms with van der Waals surface area (Å²) in [6.45, 7) is 0. The summed E-state index contributed by atoms with van der Waals surface area (Å²) in [5, 5.41) is 6.66. The number of hydrogen-bond donors (Lipinski definition) is 3. The van der Waals surface area contributed by atoms with Crippen LogP contribution in [0.3, 0.4) is 0 Å². The van der Waals surface area contributed by atoms with Gasteiger partial charge in [-0.25, -0.2) is 14.0 Å². The molecule has 0 saturated heterocycles. The van der Waals surface area contributed by atoms with Crippen molar-refractivity contribution in [1.29, 1.82) is 0 Å². The highest BCUT2D eigenvalue weighted by atomic mass is 32.1. The molecule has 168 valence electrons. The zero-order valence-corrected chi connectivity index (χ0v) is 18.6. The molecule has 0 spiro atoms. The van der Waals surface area contributed by atoms with Crippen molar-refractivity contribution in [2.24, 2.45) is 0 Å². The van der Waals surface area contributed by atoms with Gasteiger partial charge < -0.3 is 15.0 Å². The number of aromatic nitrogens is 2. The largest absolute Gasteiger partial charge is 0.465 e. The third kappa shape index (κ3) is 3.95. The molecular weight excluding hydrogens is 443 g/mol. The Kier molecular flexibility index (Phi) is 5.55. The van der Waals surface area contributed by atoms with Gasteiger partial charge in [-0.1, -0.05) is 0 Å². The average molecular weight is 465 g/mol. The van der Waals surface area contributed by atoms with Crippen LogP contribution in [0.1, 0.15) is 33.6 Å². The van der Waals surface area contributed by atoms with E-state index >= 15 is 0 Å². The number of H-pyrrole nitrogens is 1. The number of urea groups is 1. The molecule has 1 aromatic carbocycles. The SMILES string of the molecule is COC(=O)c1c(NC(=O)Nc2c(-c3cccnc3)[nH]c3ccc(F)cc23)sc2c1CCCC2. The average Bonchev–Trinajstić information content (AvgIpc) is 3.37. The number of benzene rings is 1. The maximum atomic E-state index is 14.0. The summed E-state index contributed by atoms with van der Waals surface area (Å²) in [6, 6.07) is 7.44. The lowest BCUT2D eigenvalue weighted by Crippen LogP contribution is -2.21.